The Morgan fingerprint density at radius 3 is 2.46 bits per heavy atom. The van der Waals surface area contributed by atoms with E-state index < -0.39 is 43.1 Å². The minimum atomic E-state index is -1.84. The third kappa shape index (κ3) is 4.98. The summed E-state index contributed by atoms with van der Waals surface area (Å²) in [7, 11) is -1.84. The van der Waals surface area contributed by atoms with Gasteiger partial charge in [0.1, 0.15) is 11.7 Å². The molecule has 1 unspecified atom stereocenters. The number of aliphatic hydroxyl groups excluding tert-OH is 2. The highest BCUT2D eigenvalue weighted by molar-refractivity contribution is 7.40. The third-order valence-corrected chi connectivity index (χ3v) is 7.92. The van der Waals surface area contributed by atoms with E-state index >= 15 is 0 Å². The van der Waals surface area contributed by atoms with Crippen molar-refractivity contribution in [3.8, 4) is 0 Å². The topological polar surface area (TPSA) is 122 Å². The smallest absolute Gasteiger partial charge is 0.390 e. The van der Waals surface area contributed by atoms with Crippen LogP contribution >= 0.6 is 8.03 Å². The molecule has 0 amide bonds. The molecule has 1 aliphatic rings. The maximum absolute atomic E-state index is 12.6. The molecular formula is C19H32N2O6P+. The van der Waals surface area contributed by atoms with Crippen LogP contribution in [-0.2, 0) is 9.09 Å². The molecule has 6 atom stereocenters. The van der Waals surface area contributed by atoms with E-state index in [1.807, 2.05) is 27.7 Å². The fraction of sp³-hybridized carbons (Fsp3) is 0.789. The van der Waals surface area contributed by atoms with Crippen LogP contribution in [0.25, 0.3) is 0 Å². The summed E-state index contributed by atoms with van der Waals surface area (Å²) in [5, 5.41) is 21.1. The highest BCUT2D eigenvalue weighted by Gasteiger charge is 2.48. The Balaban J connectivity index is 2.17. The van der Waals surface area contributed by atoms with Gasteiger partial charge in [-0.3, -0.25) is 14.3 Å². The molecule has 0 aliphatic heterocycles. The first-order valence-corrected chi connectivity index (χ1v) is 11.2. The molecule has 9 heteroatoms. The van der Waals surface area contributed by atoms with Crippen molar-refractivity contribution in [2.24, 2.45) is 5.92 Å². The maximum atomic E-state index is 12.6. The van der Waals surface area contributed by atoms with E-state index in [2.05, 4.69) is 4.98 Å². The molecule has 0 spiro atoms. The number of aromatic amines is 1. The first-order chi connectivity index (χ1) is 13.2. The molecule has 0 aromatic carbocycles. The largest absolute Gasteiger partial charge is 0.511 e. The number of hydrogen-bond donors (Lipinski definition) is 3. The van der Waals surface area contributed by atoms with Crippen LogP contribution in [0.15, 0.2) is 21.9 Å². The zero-order valence-electron chi connectivity index (χ0n) is 17.0. The quantitative estimate of drug-likeness (QED) is 0.532. The van der Waals surface area contributed by atoms with Gasteiger partial charge in [-0.05, 0) is 49.5 Å². The number of aromatic nitrogens is 2. The van der Waals surface area contributed by atoms with Crippen molar-refractivity contribution in [1.29, 1.82) is 0 Å². The van der Waals surface area contributed by atoms with Crippen molar-refractivity contribution in [3.05, 3.63) is 33.1 Å². The third-order valence-electron chi connectivity index (χ3n) is 5.97. The van der Waals surface area contributed by atoms with E-state index in [0.717, 1.165) is 12.8 Å². The molecule has 0 saturated heterocycles. The lowest BCUT2D eigenvalue weighted by molar-refractivity contribution is -0.0157. The minimum absolute atomic E-state index is 0.00700. The highest BCUT2D eigenvalue weighted by Crippen LogP contribution is 2.45. The summed E-state index contributed by atoms with van der Waals surface area (Å²) in [5.41, 5.74) is -1.84. The van der Waals surface area contributed by atoms with Crippen molar-refractivity contribution in [3.63, 3.8) is 0 Å². The normalized spacial score (nSPS) is 27.8. The van der Waals surface area contributed by atoms with Crippen LogP contribution in [0, 0.1) is 5.92 Å². The predicted octanol–water partition coefficient (Wildman–Crippen LogP) is 2.33. The number of rotatable bonds is 9. The Bertz CT molecular complexity index is 789. The average molecular weight is 415 g/mol. The van der Waals surface area contributed by atoms with Crippen LogP contribution < -0.4 is 11.2 Å². The molecule has 1 aromatic rings. The Kier molecular flexibility index (Phi) is 7.73. The fourth-order valence-electron chi connectivity index (χ4n) is 3.95. The molecule has 28 heavy (non-hydrogen) atoms. The molecule has 1 aliphatic carbocycles. The second-order valence-electron chi connectivity index (χ2n) is 7.92. The van der Waals surface area contributed by atoms with Gasteiger partial charge < -0.3 is 10.2 Å². The summed E-state index contributed by atoms with van der Waals surface area (Å²) in [6, 6.07) is 0.575. The predicted molar refractivity (Wildman–Crippen MR) is 107 cm³/mol. The number of hydrogen-bond acceptors (Lipinski definition) is 6. The standard InChI is InChI=1S/C19H31N2O6P/c1-5-13(6-2)28(26)27-19(4,7-3)11-12-10-14(17(24)16(12)23)21-9-8-15(22)20-18(21)25/h8-9,12-14,16-17,23-24H,5-7,10-11H2,1-4H3/p+1/t12-,14-,16-,17+,19+/m1/s1. The van der Waals surface area contributed by atoms with Crippen LogP contribution in [0.3, 0.4) is 0 Å². The van der Waals surface area contributed by atoms with Crippen LogP contribution in [0.2, 0.25) is 0 Å². The Labute approximate surface area is 165 Å². The lowest BCUT2D eigenvalue weighted by Crippen LogP contribution is -2.37. The SMILES string of the molecule is CCC(CC)[P+](=O)O[C@@](C)(CC)C[C@H]1C[C@@H](n2ccc(=O)[nH]c2=O)[C@H](O)[C@@H]1O. The highest BCUT2D eigenvalue weighted by atomic mass is 31.1. The van der Waals surface area contributed by atoms with Crippen LogP contribution in [0.4, 0.5) is 0 Å². The number of H-pyrrole nitrogens is 1. The van der Waals surface area contributed by atoms with Gasteiger partial charge in [0.2, 0.25) is 0 Å². The fourth-order valence-corrected chi connectivity index (χ4v) is 5.33. The molecule has 1 fully saturated rings. The lowest BCUT2D eigenvalue weighted by Gasteiger charge is -2.27. The van der Waals surface area contributed by atoms with E-state index in [4.69, 9.17) is 4.52 Å². The molecule has 3 N–H and O–H groups in total. The van der Waals surface area contributed by atoms with E-state index in [0.29, 0.717) is 19.3 Å². The average Bonchev–Trinajstić information content (AvgIpc) is 2.91. The molecule has 158 valence electrons. The zero-order chi connectivity index (χ0) is 21.1. The van der Waals surface area contributed by atoms with Crippen molar-refractivity contribution >= 4 is 8.03 Å². The Hall–Kier alpha value is -1.34. The molecule has 0 radical (unpaired) electrons. The summed E-state index contributed by atoms with van der Waals surface area (Å²) in [6.45, 7) is 7.79. The first kappa shape index (κ1) is 22.9. The zero-order valence-corrected chi connectivity index (χ0v) is 17.9. The van der Waals surface area contributed by atoms with Gasteiger partial charge in [-0.15, -0.1) is 4.52 Å². The van der Waals surface area contributed by atoms with E-state index in [1.54, 1.807) is 0 Å². The Morgan fingerprint density at radius 1 is 1.29 bits per heavy atom. The summed E-state index contributed by atoms with van der Waals surface area (Å²) in [6.07, 6.45) is 2.08. The molecule has 2 rings (SSSR count). The molecule has 1 aromatic heterocycles. The number of nitrogens with zero attached hydrogens (tertiary/aromatic N) is 1. The van der Waals surface area contributed by atoms with Gasteiger partial charge in [-0.25, -0.2) is 4.79 Å². The van der Waals surface area contributed by atoms with E-state index in [1.165, 1.54) is 16.8 Å². The maximum Gasteiger partial charge on any atom is 0.511 e. The summed E-state index contributed by atoms with van der Waals surface area (Å²) in [4.78, 5) is 25.5. The second kappa shape index (κ2) is 9.44. The molecule has 0 bridgehead atoms. The molecule has 8 nitrogen and oxygen atoms in total. The Morgan fingerprint density at radius 2 is 1.93 bits per heavy atom. The van der Waals surface area contributed by atoms with Crippen LogP contribution in [0.5, 0.6) is 0 Å². The van der Waals surface area contributed by atoms with Crippen molar-refractivity contribution in [2.45, 2.75) is 89.3 Å². The van der Waals surface area contributed by atoms with Gasteiger partial charge in [0.25, 0.3) is 5.56 Å². The van der Waals surface area contributed by atoms with Crippen LogP contribution in [0.1, 0.15) is 65.8 Å². The van der Waals surface area contributed by atoms with Crippen molar-refractivity contribution in [2.75, 3.05) is 0 Å². The molecule has 1 heterocycles. The number of aliphatic hydroxyl groups is 2. The summed E-state index contributed by atoms with van der Waals surface area (Å²) in [5.74, 6) is -0.325. The van der Waals surface area contributed by atoms with Gasteiger partial charge in [0.15, 0.2) is 5.66 Å². The van der Waals surface area contributed by atoms with Crippen molar-refractivity contribution in [1.82, 2.24) is 9.55 Å². The van der Waals surface area contributed by atoms with E-state index in [-0.39, 0.29) is 11.6 Å². The van der Waals surface area contributed by atoms with E-state index in [9.17, 15) is 24.4 Å². The molecular weight excluding hydrogens is 383 g/mol. The molecule has 1 saturated carbocycles. The summed E-state index contributed by atoms with van der Waals surface area (Å²) >= 11 is 0. The van der Waals surface area contributed by atoms with Gasteiger partial charge >= 0.3 is 13.7 Å². The van der Waals surface area contributed by atoms with Crippen LogP contribution in [-0.4, -0.2) is 43.2 Å². The lowest BCUT2D eigenvalue weighted by atomic mass is 9.87. The van der Waals surface area contributed by atoms with Gasteiger partial charge in [0.05, 0.1) is 12.1 Å². The van der Waals surface area contributed by atoms with Gasteiger partial charge in [0, 0.05) is 12.3 Å². The van der Waals surface area contributed by atoms with Gasteiger partial charge in [-0.2, -0.15) is 0 Å². The minimum Gasteiger partial charge on any atom is -0.390 e. The number of nitrogens with one attached hydrogen (secondary N) is 1. The first-order valence-electron chi connectivity index (χ1n) is 9.98. The second-order valence-corrected chi connectivity index (χ2v) is 9.40. The van der Waals surface area contributed by atoms with Crippen molar-refractivity contribution < 1.29 is 19.3 Å². The summed E-state index contributed by atoms with van der Waals surface area (Å²) < 4.78 is 19.8. The monoisotopic (exact) mass is 415 g/mol. The van der Waals surface area contributed by atoms with Gasteiger partial charge in [-0.1, -0.05) is 20.8 Å².